The molecule has 0 spiro atoms. The Labute approximate surface area is 107 Å². The average molecular weight is 256 g/mol. The zero-order valence-electron chi connectivity index (χ0n) is 10.6. The summed E-state index contributed by atoms with van der Waals surface area (Å²) < 4.78 is 6.96. The quantitative estimate of drug-likeness (QED) is 0.741. The summed E-state index contributed by atoms with van der Waals surface area (Å²) in [6.45, 7) is 5.82. The highest BCUT2D eigenvalue weighted by molar-refractivity contribution is 7.80. The van der Waals surface area contributed by atoms with Crippen molar-refractivity contribution in [2.75, 3.05) is 13.7 Å². The van der Waals surface area contributed by atoms with Crippen molar-refractivity contribution >= 4 is 17.2 Å². The van der Waals surface area contributed by atoms with E-state index in [0.717, 1.165) is 25.1 Å². The Morgan fingerprint density at radius 1 is 1.53 bits per heavy atom. The second-order valence-electron chi connectivity index (χ2n) is 4.40. The van der Waals surface area contributed by atoms with E-state index in [9.17, 15) is 0 Å². The Balaban J connectivity index is 2.84. The molecule has 0 bridgehead atoms. The van der Waals surface area contributed by atoms with Crippen molar-refractivity contribution in [3.8, 4) is 0 Å². The lowest BCUT2D eigenvalue weighted by Gasteiger charge is -2.08. The van der Waals surface area contributed by atoms with E-state index in [1.807, 2.05) is 4.68 Å². The van der Waals surface area contributed by atoms with Gasteiger partial charge in [0.25, 0.3) is 0 Å². The minimum atomic E-state index is 0.298. The Morgan fingerprint density at radius 2 is 2.24 bits per heavy atom. The lowest BCUT2D eigenvalue weighted by molar-refractivity contribution is 0.200. The molecule has 0 amide bonds. The van der Waals surface area contributed by atoms with Gasteiger partial charge in [-0.05, 0) is 12.3 Å². The molecule has 0 aliphatic heterocycles. The van der Waals surface area contributed by atoms with Gasteiger partial charge < -0.3 is 10.5 Å². The van der Waals surface area contributed by atoms with Crippen LogP contribution in [0.5, 0.6) is 0 Å². The Morgan fingerprint density at radius 3 is 2.76 bits per heavy atom. The van der Waals surface area contributed by atoms with Crippen LogP contribution in [0.4, 0.5) is 0 Å². The maximum Gasteiger partial charge on any atom is 0.143 e. The number of nitrogens with zero attached hydrogens (tertiary/aromatic N) is 3. The Kier molecular flexibility index (Phi) is 5.50. The van der Waals surface area contributed by atoms with Crippen molar-refractivity contribution in [3.63, 3.8) is 0 Å². The van der Waals surface area contributed by atoms with Gasteiger partial charge >= 0.3 is 0 Å². The van der Waals surface area contributed by atoms with Gasteiger partial charge in [0, 0.05) is 20.1 Å². The maximum atomic E-state index is 5.63. The number of aryl methyl sites for hydroxylation is 1. The molecule has 0 saturated heterocycles. The smallest absolute Gasteiger partial charge is 0.143 e. The third-order valence-corrected chi connectivity index (χ3v) is 2.73. The minimum Gasteiger partial charge on any atom is -0.388 e. The van der Waals surface area contributed by atoms with E-state index < -0.39 is 0 Å². The molecule has 2 N–H and O–H groups in total. The van der Waals surface area contributed by atoms with Gasteiger partial charge in [0.05, 0.1) is 12.3 Å². The number of hydrogen-bond acceptors (Lipinski definition) is 4. The first-order valence-corrected chi connectivity index (χ1v) is 6.18. The highest BCUT2D eigenvalue weighted by atomic mass is 32.1. The van der Waals surface area contributed by atoms with Crippen molar-refractivity contribution < 1.29 is 4.74 Å². The van der Waals surface area contributed by atoms with E-state index in [0.29, 0.717) is 23.2 Å². The van der Waals surface area contributed by atoms with Crippen LogP contribution >= 0.6 is 12.2 Å². The van der Waals surface area contributed by atoms with Crippen LogP contribution in [-0.4, -0.2) is 33.7 Å². The van der Waals surface area contributed by atoms with Crippen LogP contribution < -0.4 is 5.73 Å². The van der Waals surface area contributed by atoms with E-state index in [4.69, 9.17) is 22.7 Å². The second-order valence-corrected chi connectivity index (χ2v) is 4.84. The first-order valence-electron chi connectivity index (χ1n) is 5.77. The van der Waals surface area contributed by atoms with Crippen molar-refractivity contribution in [1.82, 2.24) is 15.0 Å². The molecule has 17 heavy (non-hydrogen) atoms. The van der Waals surface area contributed by atoms with E-state index >= 15 is 0 Å². The fourth-order valence-corrected chi connectivity index (χ4v) is 1.69. The van der Waals surface area contributed by atoms with Crippen molar-refractivity contribution in [1.29, 1.82) is 0 Å². The zero-order valence-corrected chi connectivity index (χ0v) is 11.5. The molecule has 1 aromatic rings. The standard InChI is InChI=1S/C11H20N4OS/c1-8(2)4-6-15-9(5-7-16-3)10(11(12)17)13-14-15/h8H,4-7H2,1-3H3,(H2,12,17). The van der Waals surface area contributed by atoms with E-state index in [1.165, 1.54) is 0 Å². The van der Waals surface area contributed by atoms with Gasteiger partial charge in [0.1, 0.15) is 10.7 Å². The van der Waals surface area contributed by atoms with Gasteiger partial charge in [-0.15, -0.1) is 5.10 Å². The SMILES string of the molecule is COCCc1c(C(N)=S)nnn1CCC(C)C. The number of methoxy groups -OCH3 is 1. The molecule has 0 atom stereocenters. The molecule has 1 aromatic heterocycles. The van der Waals surface area contributed by atoms with Crippen LogP contribution in [0.2, 0.25) is 0 Å². The summed E-state index contributed by atoms with van der Waals surface area (Å²) >= 11 is 4.97. The number of hydrogen-bond donors (Lipinski definition) is 1. The van der Waals surface area contributed by atoms with Gasteiger partial charge in [-0.25, -0.2) is 4.68 Å². The average Bonchev–Trinajstić information content (AvgIpc) is 2.66. The maximum absolute atomic E-state index is 5.63. The number of thiocarbonyl (C=S) groups is 1. The Bertz CT molecular complexity index is 376. The molecule has 0 fully saturated rings. The fraction of sp³-hybridized carbons (Fsp3) is 0.727. The lowest BCUT2D eigenvalue weighted by atomic mass is 10.1. The summed E-state index contributed by atoms with van der Waals surface area (Å²) in [5.74, 6) is 0.628. The summed E-state index contributed by atoms with van der Waals surface area (Å²) in [7, 11) is 1.67. The molecule has 0 radical (unpaired) electrons. The molecule has 1 rings (SSSR count). The summed E-state index contributed by atoms with van der Waals surface area (Å²) in [5, 5.41) is 8.14. The molecule has 96 valence electrons. The third-order valence-electron chi connectivity index (χ3n) is 2.53. The van der Waals surface area contributed by atoms with Gasteiger partial charge in [-0.2, -0.15) is 0 Å². The second kappa shape index (κ2) is 6.66. The van der Waals surface area contributed by atoms with Crippen LogP contribution in [0.15, 0.2) is 0 Å². The van der Waals surface area contributed by atoms with Crippen molar-refractivity contribution in [2.24, 2.45) is 11.7 Å². The molecular formula is C11H20N4OS. The van der Waals surface area contributed by atoms with Crippen LogP contribution in [0, 0.1) is 5.92 Å². The predicted octanol–water partition coefficient (Wildman–Crippen LogP) is 1.15. The van der Waals surface area contributed by atoms with E-state index in [2.05, 4.69) is 24.2 Å². The summed E-state index contributed by atoms with van der Waals surface area (Å²) in [6.07, 6.45) is 1.79. The molecule has 0 aliphatic rings. The molecular weight excluding hydrogens is 236 g/mol. The van der Waals surface area contributed by atoms with Gasteiger partial charge in [-0.1, -0.05) is 31.3 Å². The molecule has 0 saturated carbocycles. The van der Waals surface area contributed by atoms with Crippen LogP contribution in [0.1, 0.15) is 31.7 Å². The van der Waals surface area contributed by atoms with Crippen molar-refractivity contribution in [3.05, 3.63) is 11.4 Å². The van der Waals surface area contributed by atoms with Crippen LogP contribution in [-0.2, 0) is 17.7 Å². The number of ether oxygens (including phenoxy) is 1. The molecule has 0 aromatic carbocycles. The monoisotopic (exact) mass is 256 g/mol. The van der Waals surface area contributed by atoms with Gasteiger partial charge in [0.2, 0.25) is 0 Å². The number of aromatic nitrogens is 3. The molecule has 0 unspecified atom stereocenters. The number of nitrogens with two attached hydrogens (primary N) is 1. The van der Waals surface area contributed by atoms with Gasteiger partial charge in [0.15, 0.2) is 0 Å². The summed E-state index contributed by atoms with van der Waals surface area (Å²) in [5.41, 5.74) is 7.23. The first kappa shape index (κ1) is 14.1. The summed E-state index contributed by atoms with van der Waals surface area (Å²) in [4.78, 5) is 0.298. The zero-order chi connectivity index (χ0) is 12.8. The van der Waals surface area contributed by atoms with Crippen LogP contribution in [0.25, 0.3) is 0 Å². The Hall–Kier alpha value is -1.01. The molecule has 1 heterocycles. The molecule has 6 heteroatoms. The van der Waals surface area contributed by atoms with Gasteiger partial charge in [-0.3, -0.25) is 0 Å². The topological polar surface area (TPSA) is 66.0 Å². The molecule has 5 nitrogen and oxygen atoms in total. The third kappa shape index (κ3) is 4.05. The predicted molar refractivity (Wildman–Crippen MR) is 70.9 cm³/mol. The van der Waals surface area contributed by atoms with E-state index in [-0.39, 0.29) is 0 Å². The number of rotatable bonds is 7. The highest BCUT2D eigenvalue weighted by Crippen LogP contribution is 2.10. The minimum absolute atomic E-state index is 0.298. The lowest BCUT2D eigenvalue weighted by Crippen LogP contribution is -2.16. The normalized spacial score (nSPS) is 11.1. The highest BCUT2D eigenvalue weighted by Gasteiger charge is 2.14. The fourth-order valence-electron chi connectivity index (χ4n) is 1.53. The van der Waals surface area contributed by atoms with Crippen LogP contribution in [0.3, 0.4) is 0 Å². The summed E-state index contributed by atoms with van der Waals surface area (Å²) in [6, 6.07) is 0. The first-order chi connectivity index (χ1) is 8.06. The largest absolute Gasteiger partial charge is 0.388 e. The van der Waals surface area contributed by atoms with Crippen molar-refractivity contribution in [2.45, 2.75) is 33.2 Å². The van der Waals surface area contributed by atoms with E-state index in [1.54, 1.807) is 7.11 Å². The molecule has 0 aliphatic carbocycles.